The Hall–Kier alpha value is -2.83. The zero-order valence-electron chi connectivity index (χ0n) is 14.6. The third kappa shape index (κ3) is 4.67. The van der Waals surface area contributed by atoms with Gasteiger partial charge in [-0.1, -0.05) is 24.3 Å². The highest BCUT2D eigenvalue weighted by Crippen LogP contribution is 2.32. The molecule has 1 aliphatic carbocycles. The summed E-state index contributed by atoms with van der Waals surface area (Å²) in [7, 11) is 0. The van der Waals surface area contributed by atoms with Crippen LogP contribution in [-0.4, -0.2) is 11.8 Å². The average Bonchev–Trinajstić information content (AvgIpc) is 3.46. The summed E-state index contributed by atoms with van der Waals surface area (Å²) < 4.78 is 39.2. The second kappa shape index (κ2) is 7.42. The smallest absolute Gasteiger partial charge is 0.346 e. The van der Waals surface area contributed by atoms with Gasteiger partial charge in [0.2, 0.25) is 5.91 Å². The van der Waals surface area contributed by atoms with E-state index in [1.165, 1.54) is 12.1 Å². The second-order valence-corrected chi connectivity index (χ2v) is 6.62. The molecule has 0 heterocycles. The zero-order chi connectivity index (χ0) is 19.6. The molecule has 0 bridgehead atoms. The maximum Gasteiger partial charge on any atom is 0.417 e. The van der Waals surface area contributed by atoms with E-state index in [-0.39, 0.29) is 11.8 Å². The van der Waals surface area contributed by atoms with Crippen LogP contribution >= 0.6 is 0 Å². The Bertz CT molecular complexity index is 843. The summed E-state index contributed by atoms with van der Waals surface area (Å²) in [4.78, 5) is 24.1. The van der Waals surface area contributed by atoms with Gasteiger partial charge in [0.1, 0.15) is 0 Å². The maximum absolute atomic E-state index is 13.1. The molecule has 1 unspecified atom stereocenters. The Morgan fingerprint density at radius 2 is 1.67 bits per heavy atom. The van der Waals surface area contributed by atoms with E-state index >= 15 is 0 Å². The fraction of sp³-hybridized carbons (Fsp3) is 0.300. The first-order chi connectivity index (χ1) is 12.8. The SMILES string of the molecule is CC(NC(=O)c1ccccc1C(F)(F)F)c1ccc(NC(=O)C2CC2)cc1. The lowest BCUT2D eigenvalue weighted by molar-refractivity contribution is -0.138. The van der Waals surface area contributed by atoms with Crippen LogP contribution in [0.1, 0.15) is 47.3 Å². The molecule has 0 aliphatic heterocycles. The lowest BCUT2D eigenvalue weighted by Crippen LogP contribution is -2.28. The fourth-order valence-electron chi connectivity index (χ4n) is 2.73. The molecule has 27 heavy (non-hydrogen) atoms. The third-order valence-corrected chi connectivity index (χ3v) is 4.45. The molecule has 7 heteroatoms. The van der Waals surface area contributed by atoms with Crippen LogP contribution < -0.4 is 10.6 Å². The quantitative estimate of drug-likeness (QED) is 0.805. The molecule has 0 saturated heterocycles. The minimum absolute atomic E-state index is 0.00661. The molecule has 4 nitrogen and oxygen atoms in total. The fourth-order valence-corrected chi connectivity index (χ4v) is 2.73. The molecule has 142 valence electrons. The molecule has 1 atom stereocenters. The molecule has 0 aromatic heterocycles. The van der Waals surface area contributed by atoms with Crippen molar-refractivity contribution in [3.63, 3.8) is 0 Å². The summed E-state index contributed by atoms with van der Waals surface area (Å²) >= 11 is 0. The Labute approximate surface area is 154 Å². The number of benzene rings is 2. The van der Waals surface area contributed by atoms with Gasteiger partial charge >= 0.3 is 6.18 Å². The number of carbonyl (C=O) groups is 2. The zero-order valence-corrected chi connectivity index (χ0v) is 14.6. The highest BCUT2D eigenvalue weighted by Gasteiger charge is 2.35. The Balaban J connectivity index is 1.67. The molecule has 0 radical (unpaired) electrons. The maximum atomic E-state index is 13.1. The first kappa shape index (κ1) is 18.9. The molecule has 1 saturated carbocycles. The molecular weight excluding hydrogens is 357 g/mol. The highest BCUT2D eigenvalue weighted by molar-refractivity contribution is 5.96. The van der Waals surface area contributed by atoms with Crippen LogP contribution in [0.2, 0.25) is 0 Å². The summed E-state index contributed by atoms with van der Waals surface area (Å²) in [5.41, 5.74) is -0.00754. The van der Waals surface area contributed by atoms with Gasteiger partial charge < -0.3 is 10.6 Å². The van der Waals surface area contributed by atoms with Crippen LogP contribution in [0.5, 0.6) is 0 Å². The summed E-state index contributed by atoms with van der Waals surface area (Å²) in [5, 5.41) is 5.40. The number of carbonyl (C=O) groups excluding carboxylic acids is 2. The molecule has 3 rings (SSSR count). The van der Waals surface area contributed by atoms with E-state index < -0.39 is 29.3 Å². The summed E-state index contributed by atoms with van der Waals surface area (Å²) in [6.07, 6.45) is -2.78. The first-order valence-electron chi connectivity index (χ1n) is 8.63. The van der Waals surface area contributed by atoms with Gasteiger partial charge in [-0.25, -0.2) is 0 Å². The third-order valence-electron chi connectivity index (χ3n) is 4.45. The van der Waals surface area contributed by atoms with Crippen molar-refractivity contribution >= 4 is 17.5 Å². The first-order valence-corrected chi connectivity index (χ1v) is 8.63. The van der Waals surface area contributed by atoms with Gasteiger partial charge in [-0.05, 0) is 49.6 Å². The molecular formula is C20H19F3N2O2. The highest BCUT2D eigenvalue weighted by atomic mass is 19.4. The van der Waals surface area contributed by atoms with Crippen molar-refractivity contribution < 1.29 is 22.8 Å². The van der Waals surface area contributed by atoms with Gasteiger partial charge in [0.25, 0.3) is 5.91 Å². The van der Waals surface area contributed by atoms with E-state index in [1.54, 1.807) is 31.2 Å². The van der Waals surface area contributed by atoms with E-state index in [9.17, 15) is 22.8 Å². The Morgan fingerprint density at radius 3 is 2.26 bits per heavy atom. The summed E-state index contributed by atoms with van der Waals surface area (Å²) in [6.45, 7) is 1.69. The van der Waals surface area contributed by atoms with Gasteiger partial charge in [-0.15, -0.1) is 0 Å². The van der Waals surface area contributed by atoms with Crippen molar-refractivity contribution in [2.75, 3.05) is 5.32 Å². The van der Waals surface area contributed by atoms with E-state index in [4.69, 9.17) is 0 Å². The van der Waals surface area contributed by atoms with Crippen molar-refractivity contribution in [1.29, 1.82) is 0 Å². The topological polar surface area (TPSA) is 58.2 Å². The molecule has 0 spiro atoms. The van der Waals surface area contributed by atoms with Crippen molar-refractivity contribution in [2.45, 2.75) is 32.0 Å². The van der Waals surface area contributed by atoms with Crippen molar-refractivity contribution in [2.24, 2.45) is 5.92 Å². The molecule has 2 aromatic carbocycles. The second-order valence-electron chi connectivity index (χ2n) is 6.62. The number of amides is 2. The van der Waals surface area contributed by atoms with E-state index in [0.29, 0.717) is 5.69 Å². The molecule has 1 fully saturated rings. The average molecular weight is 376 g/mol. The Kier molecular flexibility index (Phi) is 5.21. The lowest BCUT2D eigenvalue weighted by Gasteiger charge is -2.17. The van der Waals surface area contributed by atoms with Crippen LogP contribution in [0.4, 0.5) is 18.9 Å². The monoisotopic (exact) mass is 376 g/mol. The summed E-state index contributed by atoms with van der Waals surface area (Å²) in [6, 6.07) is 11.1. The Morgan fingerprint density at radius 1 is 1.04 bits per heavy atom. The van der Waals surface area contributed by atoms with Crippen LogP contribution in [-0.2, 0) is 11.0 Å². The van der Waals surface area contributed by atoms with Crippen molar-refractivity contribution in [3.05, 3.63) is 65.2 Å². The number of nitrogens with one attached hydrogen (secondary N) is 2. The minimum atomic E-state index is -4.60. The van der Waals surface area contributed by atoms with Gasteiger partial charge in [-0.3, -0.25) is 9.59 Å². The van der Waals surface area contributed by atoms with Gasteiger partial charge in [0, 0.05) is 11.6 Å². The molecule has 2 aromatic rings. The number of halogens is 3. The van der Waals surface area contributed by atoms with Gasteiger partial charge in [0.15, 0.2) is 0 Å². The normalized spacial score (nSPS) is 15.1. The van der Waals surface area contributed by atoms with Crippen LogP contribution in [0.25, 0.3) is 0 Å². The molecule has 2 N–H and O–H groups in total. The van der Waals surface area contributed by atoms with E-state index in [0.717, 1.165) is 30.5 Å². The van der Waals surface area contributed by atoms with Crippen molar-refractivity contribution in [1.82, 2.24) is 5.32 Å². The number of hydrogen-bond acceptors (Lipinski definition) is 2. The number of alkyl halides is 3. The van der Waals surface area contributed by atoms with E-state index in [1.807, 2.05) is 0 Å². The number of hydrogen-bond donors (Lipinski definition) is 2. The van der Waals surface area contributed by atoms with Crippen LogP contribution in [0, 0.1) is 5.92 Å². The van der Waals surface area contributed by atoms with Crippen LogP contribution in [0.15, 0.2) is 48.5 Å². The van der Waals surface area contributed by atoms with E-state index in [2.05, 4.69) is 10.6 Å². The lowest BCUT2D eigenvalue weighted by atomic mass is 10.0. The standard InChI is InChI=1S/C20H19F3N2O2/c1-12(13-8-10-15(11-9-13)25-18(26)14-6-7-14)24-19(27)16-4-2-3-5-17(16)20(21,22)23/h2-5,8-12,14H,6-7H2,1H3,(H,24,27)(H,25,26). The van der Waals surface area contributed by atoms with Gasteiger partial charge in [-0.2, -0.15) is 13.2 Å². The predicted molar refractivity (Wildman–Crippen MR) is 95.1 cm³/mol. The van der Waals surface area contributed by atoms with Gasteiger partial charge in [0.05, 0.1) is 17.2 Å². The molecule has 2 amide bonds. The largest absolute Gasteiger partial charge is 0.417 e. The molecule has 1 aliphatic rings. The van der Waals surface area contributed by atoms with Crippen molar-refractivity contribution in [3.8, 4) is 0 Å². The number of anilines is 1. The minimum Gasteiger partial charge on any atom is -0.346 e. The summed E-state index contributed by atoms with van der Waals surface area (Å²) in [5.74, 6) is -0.703. The number of rotatable bonds is 5. The predicted octanol–water partition coefficient (Wildman–Crippen LogP) is 4.54. The van der Waals surface area contributed by atoms with Crippen LogP contribution in [0.3, 0.4) is 0 Å².